The molecule has 0 aromatic carbocycles. The molecule has 6 nitrogen and oxygen atoms in total. The van der Waals surface area contributed by atoms with Gasteiger partial charge in [-0.25, -0.2) is 0 Å². The van der Waals surface area contributed by atoms with Gasteiger partial charge < -0.3 is 19.4 Å². The Bertz CT molecular complexity index is 314. The van der Waals surface area contributed by atoms with Gasteiger partial charge in [0.25, 0.3) is 0 Å². The number of aliphatic carboxylic acids is 1. The molecule has 0 amide bonds. The smallest absolute Gasteiger partial charge is 0.548 e. The number of likely N-dealkylation sites (N-methyl/N-ethyl adjacent to an activating group) is 1. The summed E-state index contributed by atoms with van der Waals surface area (Å²) in [7, 11) is 1.48. The topological polar surface area (TPSA) is 86.7 Å². The van der Waals surface area contributed by atoms with E-state index in [0.29, 0.717) is 6.29 Å². The van der Waals surface area contributed by atoms with Crippen molar-refractivity contribution in [2.45, 2.75) is 45.3 Å². The molecule has 0 rings (SSSR count). The maximum atomic E-state index is 11.5. The summed E-state index contributed by atoms with van der Waals surface area (Å²) in [5.74, 6) is -1.81. The van der Waals surface area contributed by atoms with Gasteiger partial charge in [0.05, 0.1) is 18.6 Å². The number of hydrogen-bond donors (Lipinski definition) is 0. The van der Waals surface area contributed by atoms with Crippen LogP contribution in [0, 0.1) is 0 Å². The molecule has 1 unspecified atom stereocenters. The number of hydrogen-bond acceptors (Lipinski definition) is 6. The molecule has 0 saturated carbocycles. The van der Waals surface area contributed by atoms with Crippen LogP contribution in [-0.2, 0) is 19.1 Å². The molecule has 0 aliphatic heterocycles. The molecule has 0 saturated heterocycles. The van der Waals surface area contributed by atoms with Gasteiger partial charge >= 0.3 is 57.4 Å². The zero-order valence-electron chi connectivity index (χ0n) is 12.3. The van der Waals surface area contributed by atoms with Crippen LogP contribution in [0.25, 0.3) is 0 Å². The van der Waals surface area contributed by atoms with Crippen molar-refractivity contribution in [3.63, 3.8) is 0 Å². The molecule has 0 radical (unpaired) electrons. The first-order valence-electron chi connectivity index (χ1n) is 5.74. The van der Waals surface area contributed by atoms with Crippen molar-refractivity contribution in [2.75, 3.05) is 13.6 Å². The van der Waals surface area contributed by atoms with Crippen LogP contribution in [0.1, 0.15) is 33.6 Å². The van der Waals surface area contributed by atoms with Crippen LogP contribution in [0.3, 0.4) is 0 Å². The predicted octanol–water partition coefficient (Wildman–Crippen LogP) is -3.64. The van der Waals surface area contributed by atoms with Crippen LogP contribution >= 0.6 is 0 Å². The van der Waals surface area contributed by atoms with Crippen LogP contribution in [0.2, 0.25) is 0 Å². The minimum atomic E-state index is -1.30. The molecule has 0 fully saturated rings. The maximum Gasteiger partial charge on any atom is 1.00 e. The molecular weight excluding hydrogens is 277 g/mol. The summed E-state index contributed by atoms with van der Waals surface area (Å²) in [5, 5.41) is 10.9. The van der Waals surface area contributed by atoms with Crippen LogP contribution in [0.4, 0.5) is 0 Å². The number of ether oxygens (including phenoxy) is 1. The van der Waals surface area contributed by atoms with Gasteiger partial charge in [-0.3, -0.25) is 9.69 Å². The Labute approximate surface area is 156 Å². The molecule has 7 heteroatoms. The number of carbonyl (C=O) groups excluding carboxylic acids is 3. The number of aldehydes is 1. The summed E-state index contributed by atoms with van der Waals surface area (Å²) < 4.78 is 5.08. The van der Waals surface area contributed by atoms with Crippen LogP contribution in [0.5, 0.6) is 0 Å². The number of carboxylic acid groups (broad SMARTS) is 1. The predicted molar refractivity (Wildman–Crippen MR) is 62.6 cm³/mol. The summed E-state index contributed by atoms with van der Waals surface area (Å²) in [6.45, 7) is 5.03. The van der Waals surface area contributed by atoms with E-state index >= 15 is 0 Å². The van der Waals surface area contributed by atoms with E-state index in [-0.39, 0.29) is 70.8 Å². The van der Waals surface area contributed by atoms with Crippen molar-refractivity contribution < 1.29 is 75.6 Å². The summed E-state index contributed by atoms with van der Waals surface area (Å²) in [6, 6.07) is -0.970. The van der Waals surface area contributed by atoms with Crippen molar-refractivity contribution in [2.24, 2.45) is 0 Å². The van der Waals surface area contributed by atoms with Crippen LogP contribution in [0.15, 0.2) is 0 Å². The Kier molecular flexibility index (Phi) is 11.3. The Morgan fingerprint density at radius 3 is 2.26 bits per heavy atom. The molecule has 104 valence electrons. The first kappa shape index (κ1) is 21.5. The molecule has 1 atom stereocenters. The third-order valence-electron chi connectivity index (χ3n) is 2.16. The van der Waals surface area contributed by atoms with Gasteiger partial charge in [-0.15, -0.1) is 0 Å². The zero-order valence-corrected chi connectivity index (χ0v) is 15.4. The first-order valence-corrected chi connectivity index (χ1v) is 5.74. The van der Waals surface area contributed by atoms with E-state index in [1.165, 1.54) is 11.9 Å². The minimum Gasteiger partial charge on any atom is -0.548 e. The molecule has 0 spiro atoms. The number of esters is 1. The van der Waals surface area contributed by atoms with Crippen molar-refractivity contribution in [3.8, 4) is 0 Å². The average molecular weight is 297 g/mol. The van der Waals surface area contributed by atoms with E-state index < -0.39 is 23.6 Å². The van der Waals surface area contributed by atoms with Crippen LogP contribution < -0.4 is 56.5 Å². The van der Waals surface area contributed by atoms with E-state index in [9.17, 15) is 19.5 Å². The Balaban J connectivity index is 0. The molecule has 0 aliphatic rings. The largest absolute Gasteiger partial charge is 1.00 e. The van der Waals surface area contributed by atoms with E-state index in [4.69, 9.17) is 4.74 Å². The van der Waals surface area contributed by atoms with E-state index in [2.05, 4.69) is 0 Å². The second kappa shape index (κ2) is 10.0. The van der Waals surface area contributed by atoms with E-state index in [0.717, 1.165) is 0 Å². The summed E-state index contributed by atoms with van der Waals surface area (Å²) in [5.41, 5.74) is -0.613. The Morgan fingerprint density at radius 1 is 1.37 bits per heavy atom. The quantitative estimate of drug-likeness (QED) is 0.274. The van der Waals surface area contributed by atoms with Crippen LogP contribution in [-0.4, -0.2) is 48.4 Å². The normalized spacial score (nSPS) is 12.5. The van der Waals surface area contributed by atoms with Crippen molar-refractivity contribution >= 4 is 18.2 Å². The minimum absolute atomic E-state index is 0. The molecule has 0 heterocycles. The van der Waals surface area contributed by atoms with Gasteiger partial charge in [-0.2, -0.15) is 0 Å². The van der Waals surface area contributed by atoms with E-state index in [1.807, 2.05) is 0 Å². The maximum absolute atomic E-state index is 11.5. The number of nitrogens with zero attached hydrogens (tertiary/aromatic N) is 1. The Morgan fingerprint density at radius 2 is 1.89 bits per heavy atom. The molecular formula is C12H20KNO5. The second-order valence-electron chi connectivity index (χ2n) is 5.08. The molecule has 0 bridgehead atoms. The average Bonchev–Trinajstić information content (AvgIpc) is 2.14. The fourth-order valence-electron chi connectivity index (χ4n) is 1.43. The monoisotopic (exact) mass is 297 g/mol. The van der Waals surface area contributed by atoms with Crippen molar-refractivity contribution in [3.05, 3.63) is 0 Å². The molecule has 19 heavy (non-hydrogen) atoms. The van der Waals surface area contributed by atoms with Crippen molar-refractivity contribution in [1.82, 2.24) is 4.90 Å². The third-order valence-corrected chi connectivity index (χ3v) is 2.16. The fraction of sp³-hybridized carbons (Fsp3) is 0.750. The SMILES string of the molecule is CN(CC(=O)OC(C)(C)C)C(CCC=O)C(=O)[O-].[K+]. The van der Waals surface area contributed by atoms with Gasteiger partial charge in [0.15, 0.2) is 0 Å². The molecule has 0 aliphatic carbocycles. The molecule has 0 aromatic heterocycles. The summed E-state index contributed by atoms with van der Waals surface area (Å²) in [6.07, 6.45) is 0.861. The molecule has 0 N–H and O–H groups in total. The summed E-state index contributed by atoms with van der Waals surface area (Å²) >= 11 is 0. The first-order chi connectivity index (χ1) is 8.17. The zero-order chi connectivity index (χ0) is 14.3. The van der Waals surface area contributed by atoms with E-state index in [1.54, 1.807) is 20.8 Å². The number of carbonyl (C=O) groups is 3. The number of carboxylic acids is 1. The van der Waals surface area contributed by atoms with Gasteiger partial charge in [0.1, 0.15) is 11.9 Å². The third kappa shape index (κ3) is 10.6. The van der Waals surface area contributed by atoms with Gasteiger partial charge in [0.2, 0.25) is 0 Å². The van der Waals surface area contributed by atoms with Gasteiger partial charge in [-0.05, 0) is 34.2 Å². The number of rotatable bonds is 7. The summed E-state index contributed by atoms with van der Waals surface area (Å²) in [4.78, 5) is 34.0. The van der Waals surface area contributed by atoms with Gasteiger partial charge in [-0.1, -0.05) is 0 Å². The fourth-order valence-corrected chi connectivity index (χ4v) is 1.43. The van der Waals surface area contributed by atoms with Crippen molar-refractivity contribution in [1.29, 1.82) is 0 Å². The second-order valence-corrected chi connectivity index (χ2v) is 5.08. The molecule has 0 aromatic rings. The van der Waals surface area contributed by atoms with Gasteiger partial charge in [0, 0.05) is 6.42 Å². The Hall–Kier alpha value is 0.206. The standard InChI is InChI=1S/C12H21NO5.K/c1-12(2,3)18-10(15)8-13(4)9(11(16)17)6-5-7-14;/h7,9H,5-6,8H2,1-4H3,(H,16,17);/q;+1/p-1.